The number of aromatic nitrogens is 4. The lowest BCUT2D eigenvalue weighted by molar-refractivity contribution is 0.0950. The number of hydrogen-bond acceptors (Lipinski definition) is 4. The number of hydrogen-bond donors (Lipinski definition) is 1. The molecule has 4 rings (SSSR count). The van der Waals surface area contributed by atoms with Crippen LogP contribution in [0.25, 0.3) is 16.5 Å². The third kappa shape index (κ3) is 3.23. The third-order valence-corrected chi connectivity index (χ3v) is 3.89. The lowest BCUT2D eigenvalue weighted by Gasteiger charge is -2.04. The van der Waals surface area contributed by atoms with Crippen molar-refractivity contribution >= 4 is 16.7 Å². The molecule has 0 fully saturated rings. The molecule has 1 N–H and O–H groups in total. The molecule has 2 aromatic heterocycles. The number of fused-ring (bicyclic) bond motifs is 1. The van der Waals surface area contributed by atoms with Gasteiger partial charge in [-0.3, -0.25) is 9.78 Å². The van der Waals surface area contributed by atoms with Crippen LogP contribution in [-0.2, 0) is 6.54 Å². The number of carbonyl (C=O) groups excluding carboxylic acids is 1. The van der Waals surface area contributed by atoms with Crippen LogP contribution in [0.4, 0.5) is 0 Å². The van der Waals surface area contributed by atoms with Crippen molar-refractivity contribution in [2.45, 2.75) is 6.54 Å². The van der Waals surface area contributed by atoms with Crippen LogP contribution in [0.3, 0.4) is 0 Å². The van der Waals surface area contributed by atoms with Gasteiger partial charge in [-0.1, -0.05) is 35.5 Å². The Morgan fingerprint density at radius 2 is 1.92 bits per heavy atom. The number of carbonyl (C=O) groups is 1. The highest BCUT2D eigenvalue weighted by atomic mass is 16.1. The lowest BCUT2D eigenvalue weighted by Crippen LogP contribution is -2.22. The van der Waals surface area contributed by atoms with E-state index in [1.54, 1.807) is 23.3 Å². The minimum atomic E-state index is -0.137. The first-order valence-corrected chi connectivity index (χ1v) is 7.88. The van der Waals surface area contributed by atoms with E-state index in [0.29, 0.717) is 17.8 Å². The molecular formula is C19H15N5O. The molecule has 2 heterocycles. The van der Waals surface area contributed by atoms with E-state index in [2.05, 4.69) is 20.6 Å². The molecule has 0 unspecified atom stereocenters. The second kappa shape index (κ2) is 6.52. The van der Waals surface area contributed by atoms with Crippen LogP contribution < -0.4 is 5.32 Å². The fraction of sp³-hybridized carbons (Fsp3) is 0.0526. The Balaban J connectivity index is 1.45. The molecule has 0 aliphatic heterocycles. The van der Waals surface area contributed by atoms with E-state index in [4.69, 9.17) is 0 Å². The quantitative estimate of drug-likeness (QED) is 0.625. The van der Waals surface area contributed by atoms with E-state index in [9.17, 15) is 4.79 Å². The Morgan fingerprint density at radius 3 is 2.76 bits per heavy atom. The maximum atomic E-state index is 12.4. The van der Waals surface area contributed by atoms with Gasteiger partial charge in [0.15, 0.2) is 0 Å². The fourth-order valence-electron chi connectivity index (χ4n) is 2.60. The number of pyridine rings is 1. The van der Waals surface area contributed by atoms with Crippen LogP contribution in [0, 0.1) is 0 Å². The van der Waals surface area contributed by atoms with Gasteiger partial charge < -0.3 is 5.32 Å². The van der Waals surface area contributed by atoms with E-state index in [1.165, 1.54) is 0 Å². The van der Waals surface area contributed by atoms with Gasteiger partial charge in [0.2, 0.25) is 0 Å². The summed E-state index contributed by atoms with van der Waals surface area (Å²) in [5.74, 6) is -0.137. The summed E-state index contributed by atoms with van der Waals surface area (Å²) in [6.07, 6.45) is 5.18. The van der Waals surface area contributed by atoms with Crippen molar-refractivity contribution in [1.29, 1.82) is 0 Å². The standard InChI is InChI=1S/C19H15N5O/c25-19(16-8-7-14-4-1-2-5-15(14)10-16)21-11-17-13-24(23-22-17)18-6-3-9-20-12-18/h1-10,12-13H,11H2,(H,21,25). The van der Waals surface area contributed by atoms with E-state index in [-0.39, 0.29) is 5.91 Å². The van der Waals surface area contributed by atoms with Crippen molar-refractivity contribution < 1.29 is 4.79 Å². The number of rotatable bonds is 4. The summed E-state index contributed by atoms with van der Waals surface area (Å²) in [5, 5.41) is 13.2. The molecule has 0 spiro atoms. The van der Waals surface area contributed by atoms with E-state index in [0.717, 1.165) is 16.5 Å². The molecule has 6 nitrogen and oxygen atoms in total. The molecular weight excluding hydrogens is 314 g/mol. The molecule has 0 aliphatic rings. The third-order valence-electron chi connectivity index (χ3n) is 3.89. The van der Waals surface area contributed by atoms with Crippen molar-refractivity contribution in [2.75, 3.05) is 0 Å². The minimum absolute atomic E-state index is 0.137. The average Bonchev–Trinajstić information content (AvgIpc) is 3.15. The van der Waals surface area contributed by atoms with Crippen LogP contribution in [0.1, 0.15) is 16.1 Å². The van der Waals surface area contributed by atoms with Gasteiger partial charge in [0.25, 0.3) is 5.91 Å². The van der Waals surface area contributed by atoms with Crippen LogP contribution in [0.5, 0.6) is 0 Å². The van der Waals surface area contributed by atoms with E-state index < -0.39 is 0 Å². The predicted octanol–water partition coefficient (Wildman–Crippen LogP) is 2.75. The maximum absolute atomic E-state index is 12.4. The summed E-state index contributed by atoms with van der Waals surface area (Å²) < 4.78 is 1.63. The zero-order chi connectivity index (χ0) is 17.1. The number of benzene rings is 2. The predicted molar refractivity (Wildman–Crippen MR) is 94.3 cm³/mol. The Bertz CT molecular complexity index is 1030. The molecule has 0 saturated heterocycles. The normalized spacial score (nSPS) is 10.7. The Morgan fingerprint density at radius 1 is 1.04 bits per heavy atom. The Labute approximate surface area is 144 Å². The van der Waals surface area contributed by atoms with Gasteiger partial charge in [-0.2, -0.15) is 0 Å². The Hall–Kier alpha value is -3.54. The van der Waals surface area contributed by atoms with Crippen molar-refractivity contribution in [1.82, 2.24) is 25.3 Å². The molecule has 4 aromatic rings. The lowest BCUT2D eigenvalue weighted by atomic mass is 10.1. The first-order chi connectivity index (χ1) is 12.3. The highest BCUT2D eigenvalue weighted by Gasteiger charge is 2.08. The van der Waals surface area contributed by atoms with Crippen LogP contribution in [-0.4, -0.2) is 25.9 Å². The zero-order valence-electron chi connectivity index (χ0n) is 13.3. The highest BCUT2D eigenvalue weighted by Crippen LogP contribution is 2.15. The highest BCUT2D eigenvalue weighted by molar-refractivity contribution is 5.98. The topological polar surface area (TPSA) is 72.7 Å². The Kier molecular flexibility index (Phi) is 3.92. The van der Waals surface area contributed by atoms with Gasteiger partial charge in [0, 0.05) is 11.8 Å². The van der Waals surface area contributed by atoms with Crippen LogP contribution in [0.15, 0.2) is 73.2 Å². The molecule has 122 valence electrons. The first-order valence-electron chi connectivity index (χ1n) is 7.88. The summed E-state index contributed by atoms with van der Waals surface area (Å²) in [5.41, 5.74) is 2.12. The van der Waals surface area contributed by atoms with E-state index in [1.807, 2.05) is 54.6 Å². The molecule has 0 bridgehead atoms. The molecule has 6 heteroatoms. The summed E-state index contributed by atoms with van der Waals surface area (Å²) in [4.78, 5) is 16.4. The van der Waals surface area contributed by atoms with Crippen molar-refractivity contribution in [3.8, 4) is 5.69 Å². The second-order valence-electron chi connectivity index (χ2n) is 5.61. The summed E-state index contributed by atoms with van der Waals surface area (Å²) in [7, 11) is 0. The maximum Gasteiger partial charge on any atom is 0.251 e. The van der Waals surface area contributed by atoms with Crippen LogP contribution in [0.2, 0.25) is 0 Å². The molecule has 25 heavy (non-hydrogen) atoms. The fourth-order valence-corrected chi connectivity index (χ4v) is 2.60. The number of nitrogens with zero attached hydrogens (tertiary/aromatic N) is 4. The summed E-state index contributed by atoms with van der Waals surface area (Å²) in [6.45, 7) is 0.311. The first kappa shape index (κ1) is 15.0. The largest absolute Gasteiger partial charge is 0.346 e. The van der Waals surface area contributed by atoms with Gasteiger partial charge >= 0.3 is 0 Å². The zero-order valence-corrected chi connectivity index (χ0v) is 13.3. The SMILES string of the molecule is O=C(NCc1cn(-c2cccnc2)nn1)c1ccc2ccccc2c1. The van der Waals surface area contributed by atoms with Crippen LogP contribution >= 0.6 is 0 Å². The smallest absolute Gasteiger partial charge is 0.251 e. The number of amides is 1. The molecule has 2 aromatic carbocycles. The second-order valence-corrected chi connectivity index (χ2v) is 5.61. The minimum Gasteiger partial charge on any atom is -0.346 e. The van der Waals surface area contributed by atoms with Gasteiger partial charge in [0.1, 0.15) is 5.69 Å². The molecule has 0 saturated carbocycles. The number of nitrogens with one attached hydrogen (secondary N) is 1. The van der Waals surface area contributed by atoms with Gasteiger partial charge in [-0.15, -0.1) is 5.10 Å². The molecule has 0 atom stereocenters. The van der Waals surface area contributed by atoms with Gasteiger partial charge in [0.05, 0.1) is 24.6 Å². The van der Waals surface area contributed by atoms with Gasteiger partial charge in [-0.25, -0.2) is 4.68 Å². The average molecular weight is 329 g/mol. The van der Waals surface area contributed by atoms with Crippen molar-refractivity contribution in [3.05, 3.63) is 84.4 Å². The summed E-state index contributed by atoms with van der Waals surface area (Å²) in [6, 6.07) is 17.3. The van der Waals surface area contributed by atoms with Crippen molar-refractivity contribution in [3.63, 3.8) is 0 Å². The molecule has 0 radical (unpaired) electrons. The van der Waals surface area contributed by atoms with Gasteiger partial charge in [-0.05, 0) is 35.0 Å². The summed E-state index contributed by atoms with van der Waals surface area (Å²) >= 11 is 0. The molecule has 1 amide bonds. The van der Waals surface area contributed by atoms with E-state index >= 15 is 0 Å². The van der Waals surface area contributed by atoms with Crippen molar-refractivity contribution in [2.24, 2.45) is 0 Å². The molecule has 0 aliphatic carbocycles. The monoisotopic (exact) mass is 329 g/mol.